The minimum atomic E-state index is -0.999. The van der Waals surface area contributed by atoms with E-state index in [2.05, 4.69) is 5.32 Å². The molecule has 164 valence electrons. The number of aryl methyl sites for hydroxylation is 1. The standard InChI is InChI=1S/C21H21B2NO8/c1-12-5-14(9-30-19(22)26)7-16(11-31-20(23)27)18(12)24-21(28)32-10-15-6-13(8-29-2)3-4-17(15)25/h3-7,25H,8-11H2,1-2H3,(H,24,28). The largest absolute Gasteiger partial charge is 0.508 e. The number of anilines is 1. The smallest absolute Gasteiger partial charge is 0.411 e. The van der Waals surface area contributed by atoms with Gasteiger partial charge in [0.05, 0.1) is 12.3 Å². The van der Waals surface area contributed by atoms with Crippen LogP contribution in [0.25, 0.3) is 0 Å². The molecule has 2 aromatic rings. The van der Waals surface area contributed by atoms with Crippen molar-refractivity contribution in [2.75, 3.05) is 12.4 Å². The topological polar surface area (TPSA) is 120 Å². The van der Waals surface area contributed by atoms with Gasteiger partial charge in [0, 0.05) is 18.2 Å². The molecule has 9 nitrogen and oxygen atoms in total. The predicted molar refractivity (Wildman–Crippen MR) is 116 cm³/mol. The first-order chi connectivity index (χ1) is 15.2. The number of phenolic OH excluding ortho intramolecular Hbond substituents is 1. The van der Waals surface area contributed by atoms with Crippen LogP contribution in [0, 0.1) is 6.92 Å². The van der Waals surface area contributed by atoms with E-state index in [4.69, 9.17) is 34.6 Å². The molecular weight excluding hydrogens is 416 g/mol. The van der Waals surface area contributed by atoms with Gasteiger partial charge in [0.2, 0.25) is 27.4 Å². The molecule has 0 unspecified atom stereocenters. The normalized spacial score (nSPS) is 10.3. The van der Waals surface area contributed by atoms with Crippen LogP contribution in [0.1, 0.15) is 27.8 Å². The van der Waals surface area contributed by atoms with Gasteiger partial charge in [-0.25, -0.2) is 4.79 Å². The molecule has 0 spiro atoms. The van der Waals surface area contributed by atoms with Gasteiger partial charge in [-0.3, -0.25) is 14.9 Å². The molecule has 2 rings (SSSR count). The first kappa shape index (κ1) is 24.8. The molecule has 0 fully saturated rings. The molecule has 0 atom stereocenters. The van der Waals surface area contributed by atoms with E-state index >= 15 is 0 Å². The van der Waals surface area contributed by atoms with E-state index in [1.807, 2.05) is 0 Å². The number of phenols is 1. The lowest BCUT2D eigenvalue weighted by Gasteiger charge is -2.17. The maximum atomic E-state index is 12.4. The number of ether oxygens (including phenoxy) is 4. The lowest BCUT2D eigenvalue weighted by atomic mass is 10.0. The summed E-state index contributed by atoms with van der Waals surface area (Å²) in [5, 5.41) is 12.6. The highest BCUT2D eigenvalue weighted by Crippen LogP contribution is 2.26. The molecule has 1 amide bonds. The van der Waals surface area contributed by atoms with E-state index in [0.717, 1.165) is 5.56 Å². The van der Waals surface area contributed by atoms with Crippen LogP contribution in [0.4, 0.5) is 20.1 Å². The first-order valence-electron chi connectivity index (χ1n) is 9.40. The number of aromatic hydroxyl groups is 1. The average Bonchev–Trinajstić information content (AvgIpc) is 2.73. The van der Waals surface area contributed by atoms with E-state index in [1.165, 1.54) is 6.07 Å². The van der Waals surface area contributed by atoms with Crippen molar-refractivity contribution in [2.24, 2.45) is 0 Å². The summed E-state index contributed by atoms with van der Waals surface area (Å²) < 4.78 is 19.9. The van der Waals surface area contributed by atoms with E-state index in [1.54, 1.807) is 38.3 Å². The molecule has 0 saturated heterocycles. The summed E-state index contributed by atoms with van der Waals surface area (Å²) in [6.07, 6.45) is -0.800. The van der Waals surface area contributed by atoms with Crippen molar-refractivity contribution in [1.82, 2.24) is 0 Å². The van der Waals surface area contributed by atoms with E-state index in [9.17, 15) is 19.5 Å². The Kier molecular flexibility index (Phi) is 9.15. The Bertz CT molecular complexity index is 996. The fourth-order valence-electron chi connectivity index (χ4n) is 2.91. The highest BCUT2D eigenvalue weighted by atomic mass is 16.5. The summed E-state index contributed by atoms with van der Waals surface area (Å²) in [5.41, 5.74) is 3.08. The van der Waals surface area contributed by atoms with Crippen molar-refractivity contribution >= 4 is 39.2 Å². The van der Waals surface area contributed by atoms with Gasteiger partial charge in [0.1, 0.15) is 25.6 Å². The summed E-state index contributed by atoms with van der Waals surface area (Å²) in [4.78, 5) is 34.3. The quantitative estimate of drug-likeness (QED) is 0.454. The van der Waals surface area contributed by atoms with Gasteiger partial charge in [0.15, 0.2) is 0 Å². The Labute approximate surface area is 187 Å². The molecule has 0 bridgehead atoms. The molecule has 4 radical (unpaired) electrons. The van der Waals surface area contributed by atoms with Crippen LogP contribution in [0.2, 0.25) is 0 Å². The number of carbonyl (C=O) groups excluding carboxylic acids is 3. The molecule has 2 aromatic carbocycles. The zero-order valence-corrected chi connectivity index (χ0v) is 17.7. The Balaban J connectivity index is 2.15. The van der Waals surface area contributed by atoms with Crippen molar-refractivity contribution in [3.8, 4) is 5.75 Å². The van der Waals surface area contributed by atoms with Crippen LogP contribution in [0.15, 0.2) is 30.3 Å². The summed E-state index contributed by atoms with van der Waals surface area (Å²) in [6.45, 7) is 1.49. The molecular formula is C21H21B2NO8. The van der Waals surface area contributed by atoms with Gasteiger partial charge >= 0.3 is 6.09 Å². The Morgan fingerprint density at radius 1 is 0.875 bits per heavy atom. The molecule has 0 aliphatic heterocycles. The Hall–Kier alpha value is -3.46. The monoisotopic (exact) mass is 437 g/mol. The Morgan fingerprint density at radius 2 is 1.50 bits per heavy atom. The molecule has 32 heavy (non-hydrogen) atoms. The van der Waals surface area contributed by atoms with Gasteiger partial charge in [-0.2, -0.15) is 0 Å². The second-order valence-electron chi connectivity index (χ2n) is 6.76. The summed E-state index contributed by atoms with van der Waals surface area (Å²) in [7, 11) is 11.6. The van der Waals surface area contributed by atoms with Crippen LogP contribution in [-0.4, -0.2) is 45.7 Å². The van der Waals surface area contributed by atoms with Gasteiger partial charge < -0.3 is 24.1 Å². The maximum Gasteiger partial charge on any atom is 0.411 e. The summed E-state index contributed by atoms with van der Waals surface area (Å²) >= 11 is 0. The third kappa shape index (κ3) is 7.66. The second-order valence-corrected chi connectivity index (χ2v) is 6.76. The number of carbonyl (C=O) groups is 3. The number of hydrogen-bond acceptors (Lipinski definition) is 8. The lowest BCUT2D eigenvalue weighted by Crippen LogP contribution is -2.17. The van der Waals surface area contributed by atoms with Crippen LogP contribution in [-0.2, 0) is 45.4 Å². The fraction of sp³-hybridized carbons (Fsp3) is 0.286. The number of rotatable bonds is 9. The fourth-order valence-corrected chi connectivity index (χ4v) is 2.91. The minimum Gasteiger partial charge on any atom is -0.508 e. The highest BCUT2D eigenvalue weighted by molar-refractivity contribution is 6.55. The third-order valence-electron chi connectivity index (χ3n) is 4.27. The number of nitrogens with one attached hydrogen (secondary N) is 1. The van der Waals surface area contributed by atoms with E-state index in [-0.39, 0.29) is 25.6 Å². The van der Waals surface area contributed by atoms with Gasteiger partial charge in [0.25, 0.3) is 0 Å². The molecule has 11 heteroatoms. The highest BCUT2D eigenvalue weighted by Gasteiger charge is 2.15. The van der Waals surface area contributed by atoms with Crippen molar-refractivity contribution in [3.05, 3.63) is 58.1 Å². The molecule has 0 aromatic heterocycles. The number of methoxy groups -OCH3 is 1. The number of benzene rings is 2. The zero-order chi connectivity index (χ0) is 23.7. The van der Waals surface area contributed by atoms with Crippen LogP contribution in [0.3, 0.4) is 0 Å². The van der Waals surface area contributed by atoms with Crippen molar-refractivity contribution in [1.29, 1.82) is 0 Å². The second kappa shape index (κ2) is 11.8. The number of amides is 1. The van der Waals surface area contributed by atoms with Crippen LogP contribution in [0.5, 0.6) is 5.75 Å². The van der Waals surface area contributed by atoms with E-state index < -0.39 is 17.8 Å². The van der Waals surface area contributed by atoms with Crippen molar-refractivity contribution in [3.63, 3.8) is 0 Å². The third-order valence-corrected chi connectivity index (χ3v) is 4.27. The zero-order valence-electron chi connectivity index (χ0n) is 17.7. The maximum absolute atomic E-state index is 12.4. The molecule has 0 aliphatic carbocycles. The molecule has 0 aliphatic rings. The van der Waals surface area contributed by atoms with Crippen LogP contribution >= 0.6 is 0 Å². The van der Waals surface area contributed by atoms with Crippen molar-refractivity contribution in [2.45, 2.75) is 33.4 Å². The van der Waals surface area contributed by atoms with Crippen LogP contribution < -0.4 is 5.32 Å². The predicted octanol–water partition coefficient (Wildman–Crippen LogP) is 3.21. The number of hydrogen-bond donors (Lipinski definition) is 2. The minimum absolute atomic E-state index is 0.0248. The molecule has 2 N–H and O–H groups in total. The molecule has 0 heterocycles. The first-order valence-corrected chi connectivity index (χ1v) is 9.40. The Morgan fingerprint density at radius 3 is 2.16 bits per heavy atom. The SMILES string of the molecule is [B]C(=O)OCc1cc(C)c(NC(=O)OCc2cc(COC)ccc2O)c(COC([B])=O)c1. The van der Waals surface area contributed by atoms with Gasteiger partial charge in [-0.05, 0) is 41.8 Å². The van der Waals surface area contributed by atoms with Crippen molar-refractivity contribution < 1.29 is 38.4 Å². The summed E-state index contributed by atoms with van der Waals surface area (Å²) in [5.74, 6) is -1.97. The molecule has 0 saturated carbocycles. The summed E-state index contributed by atoms with van der Waals surface area (Å²) in [6, 6.07) is 8.07. The lowest BCUT2D eigenvalue weighted by molar-refractivity contribution is 0.153. The van der Waals surface area contributed by atoms with E-state index in [0.29, 0.717) is 34.5 Å². The van der Waals surface area contributed by atoms with Gasteiger partial charge in [-0.1, -0.05) is 12.1 Å². The average molecular weight is 437 g/mol. The van der Waals surface area contributed by atoms with Gasteiger partial charge in [-0.15, -0.1) is 0 Å².